The monoisotopic (exact) mass is 153 g/mol. The van der Waals surface area contributed by atoms with Gasteiger partial charge in [0.1, 0.15) is 0 Å². The molecule has 60 valence electrons. The van der Waals surface area contributed by atoms with E-state index in [1.165, 1.54) is 0 Å². The number of rotatable bonds is 1. The van der Waals surface area contributed by atoms with Crippen LogP contribution in [0.4, 0.5) is 13.2 Å². The van der Waals surface area contributed by atoms with Gasteiger partial charge in [0.15, 0.2) is 0 Å². The van der Waals surface area contributed by atoms with E-state index in [1.807, 2.05) is 0 Å². The highest BCUT2D eigenvalue weighted by Crippen LogP contribution is 2.47. The molecule has 0 aliphatic heterocycles. The fraction of sp³-hybridized carbons (Fsp3) is 1.00. The Labute approximate surface area is 57.4 Å². The highest BCUT2D eigenvalue weighted by Gasteiger charge is 2.53. The minimum Gasteiger partial charge on any atom is -0.325 e. The molecule has 0 amide bonds. The second-order valence-electron chi connectivity index (χ2n) is 3.13. The van der Waals surface area contributed by atoms with Crippen LogP contribution in [-0.4, -0.2) is 11.7 Å². The molecule has 2 N–H and O–H groups in total. The first kappa shape index (κ1) is 7.85. The summed E-state index contributed by atoms with van der Waals surface area (Å²) in [5.74, 6) is 0.0362. The van der Waals surface area contributed by atoms with Gasteiger partial charge in [-0.3, -0.25) is 0 Å². The smallest absolute Gasteiger partial charge is 0.325 e. The molecule has 10 heavy (non-hydrogen) atoms. The lowest BCUT2D eigenvalue weighted by molar-refractivity contribution is -0.140. The minimum absolute atomic E-state index is 0.0362. The summed E-state index contributed by atoms with van der Waals surface area (Å²) in [6.45, 7) is 1.74. The maximum Gasteiger partial charge on any atom is 0.390 e. The van der Waals surface area contributed by atoms with Crippen molar-refractivity contribution in [1.82, 2.24) is 0 Å². The molecule has 1 aliphatic carbocycles. The average Bonchev–Trinajstić information content (AvgIpc) is 2.05. The molecule has 0 aromatic heterocycles. The van der Waals surface area contributed by atoms with E-state index >= 15 is 0 Å². The second-order valence-corrected chi connectivity index (χ2v) is 3.13. The summed E-state index contributed by atoms with van der Waals surface area (Å²) in [5.41, 5.74) is 4.42. The number of halogens is 3. The van der Waals surface area contributed by atoms with Gasteiger partial charge in [-0.25, -0.2) is 0 Å². The molecule has 1 nitrogen and oxygen atoms in total. The second kappa shape index (κ2) is 1.87. The predicted octanol–water partition coefficient (Wildman–Crippen LogP) is 1.68. The van der Waals surface area contributed by atoms with Gasteiger partial charge in [-0.1, -0.05) is 6.92 Å². The van der Waals surface area contributed by atoms with Crippen molar-refractivity contribution in [3.05, 3.63) is 0 Å². The molecule has 2 atom stereocenters. The van der Waals surface area contributed by atoms with Gasteiger partial charge in [-0.15, -0.1) is 0 Å². The van der Waals surface area contributed by atoms with Crippen molar-refractivity contribution in [2.75, 3.05) is 0 Å². The zero-order chi connectivity index (χ0) is 7.99. The Kier molecular flexibility index (Phi) is 1.47. The zero-order valence-corrected chi connectivity index (χ0v) is 5.70. The summed E-state index contributed by atoms with van der Waals surface area (Å²) in [6.07, 6.45) is -4.42. The maximum absolute atomic E-state index is 11.7. The lowest BCUT2D eigenvalue weighted by Gasteiger charge is -2.12. The normalized spacial score (nSPS) is 39.9. The van der Waals surface area contributed by atoms with Crippen LogP contribution in [0.25, 0.3) is 0 Å². The van der Waals surface area contributed by atoms with Crippen LogP contribution >= 0.6 is 0 Å². The standard InChI is InChI=1S/C6H10F3N/c1-4-2-5(4,10)3-6(7,8)9/h4H,2-3,10H2,1H3. The van der Waals surface area contributed by atoms with E-state index in [0.717, 1.165) is 0 Å². The zero-order valence-electron chi connectivity index (χ0n) is 5.70. The molecule has 1 rings (SSSR count). The summed E-state index contributed by atoms with van der Waals surface area (Å²) in [6, 6.07) is 0. The van der Waals surface area contributed by atoms with E-state index < -0.39 is 18.1 Å². The van der Waals surface area contributed by atoms with Gasteiger partial charge >= 0.3 is 6.18 Å². The molecule has 0 saturated heterocycles. The third-order valence-electron chi connectivity index (χ3n) is 2.04. The molecule has 0 aromatic rings. The summed E-state index contributed by atoms with van der Waals surface area (Å²) < 4.78 is 35.1. The quantitative estimate of drug-likeness (QED) is 0.609. The third-order valence-corrected chi connectivity index (χ3v) is 2.04. The Bertz CT molecular complexity index is 142. The molecular weight excluding hydrogens is 143 g/mol. The van der Waals surface area contributed by atoms with Crippen LogP contribution in [0.5, 0.6) is 0 Å². The molecule has 2 unspecified atom stereocenters. The molecule has 1 fully saturated rings. The molecule has 0 radical (unpaired) electrons. The number of hydrogen-bond donors (Lipinski definition) is 1. The third kappa shape index (κ3) is 1.62. The van der Waals surface area contributed by atoms with Crippen LogP contribution in [-0.2, 0) is 0 Å². The molecule has 0 heterocycles. The molecule has 0 aromatic carbocycles. The fourth-order valence-corrected chi connectivity index (χ4v) is 1.13. The topological polar surface area (TPSA) is 26.0 Å². The Hall–Kier alpha value is -0.250. The first-order chi connectivity index (χ1) is 4.33. The van der Waals surface area contributed by atoms with Crippen molar-refractivity contribution >= 4 is 0 Å². The van der Waals surface area contributed by atoms with Crippen LogP contribution in [0.3, 0.4) is 0 Å². The summed E-state index contributed by atoms with van der Waals surface area (Å²) in [7, 11) is 0. The Morgan fingerprint density at radius 3 is 2.10 bits per heavy atom. The molecule has 1 saturated carbocycles. The Morgan fingerprint density at radius 1 is 1.60 bits per heavy atom. The molecular formula is C6H10F3N. The Balaban J connectivity index is 2.41. The molecule has 0 spiro atoms. The van der Waals surface area contributed by atoms with Gasteiger partial charge in [-0.05, 0) is 12.3 Å². The lowest BCUT2D eigenvalue weighted by Crippen LogP contribution is -2.31. The van der Waals surface area contributed by atoms with Crippen LogP contribution in [0.15, 0.2) is 0 Å². The first-order valence-electron chi connectivity index (χ1n) is 3.19. The van der Waals surface area contributed by atoms with E-state index in [4.69, 9.17) is 5.73 Å². The summed E-state index contributed by atoms with van der Waals surface area (Å²) in [5, 5.41) is 0. The highest BCUT2D eigenvalue weighted by molar-refractivity contribution is 5.06. The molecule has 1 aliphatic rings. The van der Waals surface area contributed by atoms with E-state index in [9.17, 15) is 13.2 Å². The van der Waals surface area contributed by atoms with E-state index in [1.54, 1.807) is 6.92 Å². The maximum atomic E-state index is 11.7. The number of hydrogen-bond acceptors (Lipinski definition) is 1. The van der Waals surface area contributed by atoms with Crippen molar-refractivity contribution in [1.29, 1.82) is 0 Å². The minimum atomic E-state index is -4.10. The van der Waals surface area contributed by atoms with Crippen molar-refractivity contribution in [3.63, 3.8) is 0 Å². The van der Waals surface area contributed by atoms with Crippen molar-refractivity contribution < 1.29 is 13.2 Å². The van der Waals surface area contributed by atoms with Gasteiger partial charge in [0.05, 0.1) is 6.42 Å². The summed E-state index contributed by atoms with van der Waals surface area (Å²) >= 11 is 0. The summed E-state index contributed by atoms with van der Waals surface area (Å²) in [4.78, 5) is 0. The number of nitrogens with two attached hydrogens (primary N) is 1. The van der Waals surface area contributed by atoms with Crippen LogP contribution in [0.1, 0.15) is 19.8 Å². The van der Waals surface area contributed by atoms with Crippen LogP contribution in [0, 0.1) is 5.92 Å². The Morgan fingerprint density at radius 2 is 2.00 bits per heavy atom. The number of alkyl halides is 3. The lowest BCUT2D eigenvalue weighted by atomic mass is 10.1. The van der Waals surface area contributed by atoms with Gasteiger partial charge in [0, 0.05) is 5.54 Å². The average molecular weight is 153 g/mol. The van der Waals surface area contributed by atoms with E-state index in [2.05, 4.69) is 0 Å². The fourth-order valence-electron chi connectivity index (χ4n) is 1.13. The van der Waals surface area contributed by atoms with Crippen molar-refractivity contribution in [2.45, 2.75) is 31.5 Å². The van der Waals surface area contributed by atoms with Gasteiger partial charge in [0.2, 0.25) is 0 Å². The van der Waals surface area contributed by atoms with E-state index in [0.29, 0.717) is 6.42 Å². The van der Waals surface area contributed by atoms with Crippen molar-refractivity contribution in [3.8, 4) is 0 Å². The van der Waals surface area contributed by atoms with E-state index in [-0.39, 0.29) is 5.92 Å². The van der Waals surface area contributed by atoms with Crippen molar-refractivity contribution in [2.24, 2.45) is 11.7 Å². The van der Waals surface area contributed by atoms with Gasteiger partial charge in [-0.2, -0.15) is 13.2 Å². The molecule has 4 heteroatoms. The SMILES string of the molecule is CC1CC1(N)CC(F)(F)F. The van der Waals surface area contributed by atoms with Crippen LogP contribution < -0.4 is 5.73 Å². The highest BCUT2D eigenvalue weighted by atomic mass is 19.4. The van der Waals surface area contributed by atoms with Gasteiger partial charge in [0.25, 0.3) is 0 Å². The largest absolute Gasteiger partial charge is 0.390 e. The van der Waals surface area contributed by atoms with Crippen LogP contribution in [0.2, 0.25) is 0 Å². The first-order valence-corrected chi connectivity index (χ1v) is 3.19. The molecule has 0 bridgehead atoms. The predicted molar refractivity (Wildman–Crippen MR) is 31.4 cm³/mol. The van der Waals surface area contributed by atoms with Gasteiger partial charge < -0.3 is 5.73 Å².